The molecule has 6 nitrogen and oxygen atoms in total. The minimum atomic E-state index is -0.118. The zero-order valence-electron chi connectivity index (χ0n) is 13.9. The summed E-state index contributed by atoms with van der Waals surface area (Å²) in [7, 11) is 0. The Morgan fingerprint density at radius 1 is 1.00 bits per heavy atom. The molecule has 0 aliphatic carbocycles. The topological polar surface area (TPSA) is 70.7 Å². The number of ether oxygens (including phenoxy) is 1. The number of hydrogen-bond donors (Lipinski definition) is 2. The lowest BCUT2D eigenvalue weighted by Gasteiger charge is -2.26. The molecule has 0 spiro atoms. The second kappa shape index (κ2) is 12.4. The van der Waals surface area contributed by atoms with Crippen LogP contribution in [0.25, 0.3) is 0 Å². The van der Waals surface area contributed by atoms with Crippen LogP contribution >= 0.6 is 0 Å². The standard InChI is InChI=1S/C16H31N3O3/c1-2-3-4-5-6-7-15(20)18-14-16(21)17-8-9-19-10-12-22-13-11-19/h2-14H2,1H3,(H,17,21)(H,18,20). The summed E-state index contributed by atoms with van der Waals surface area (Å²) in [6, 6.07) is 0. The molecule has 0 saturated carbocycles. The normalized spacial score (nSPS) is 15.5. The molecule has 1 aliphatic rings. The number of nitrogens with one attached hydrogen (secondary N) is 2. The van der Waals surface area contributed by atoms with Gasteiger partial charge in [-0.3, -0.25) is 14.5 Å². The van der Waals surface area contributed by atoms with E-state index >= 15 is 0 Å². The van der Waals surface area contributed by atoms with E-state index in [0.717, 1.165) is 45.7 Å². The molecule has 22 heavy (non-hydrogen) atoms. The maximum atomic E-state index is 11.6. The quantitative estimate of drug-likeness (QED) is 0.556. The van der Waals surface area contributed by atoms with Crippen molar-refractivity contribution in [2.45, 2.75) is 45.4 Å². The summed E-state index contributed by atoms with van der Waals surface area (Å²) in [5.74, 6) is -0.146. The van der Waals surface area contributed by atoms with E-state index in [1.54, 1.807) is 0 Å². The van der Waals surface area contributed by atoms with Crippen molar-refractivity contribution < 1.29 is 14.3 Å². The third kappa shape index (κ3) is 9.73. The van der Waals surface area contributed by atoms with E-state index in [-0.39, 0.29) is 18.4 Å². The van der Waals surface area contributed by atoms with Crippen molar-refractivity contribution >= 4 is 11.8 Å². The Balaban J connectivity index is 1.94. The molecule has 2 amide bonds. The first-order valence-corrected chi connectivity index (χ1v) is 8.56. The molecule has 1 saturated heterocycles. The fraction of sp³-hybridized carbons (Fsp3) is 0.875. The number of unbranched alkanes of at least 4 members (excludes halogenated alkanes) is 4. The van der Waals surface area contributed by atoms with Crippen molar-refractivity contribution in [1.29, 1.82) is 0 Å². The second-order valence-electron chi connectivity index (χ2n) is 5.74. The molecule has 0 aromatic rings. The van der Waals surface area contributed by atoms with E-state index in [1.807, 2.05) is 0 Å². The van der Waals surface area contributed by atoms with Gasteiger partial charge < -0.3 is 15.4 Å². The molecule has 0 bridgehead atoms. The lowest BCUT2D eigenvalue weighted by atomic mass is 10.1. The molecule has 6 heteroatoms. The maximum Gasteiger partial charge on any atom is 0.239 e. The van der Waals surface area contributed by atoms with Crippen LogP contribution in [0.1, 0.15) is 45.4 Å². The van der Waals surface area contributed by atoms with E-state index in [9.17, 15) is 9.59 Å². The predicted octanol–water partition coefficient (Wildman–Crippen LogP) is 0.912. The molecule has 128 valence electrons. The highest BCUT2D eigenvalue weighted by molar-refractivity contribution is 5.84. The Bertz CT molecular complexity index is 318. The molecular weight excluding hydrogens is 282 g/mol. The average Bonchev–Trinajstić information content (AvgIpc) is 2.54. The molecule has 0 unspecified atom stereocenters. The Hall–Kier alpha value is -1.14. The van der Waals surface area contributed by atoms with Gasteiger partial charge in [-0.25, -0.2) is 0 Å². The first-order valence-electron chi connectivity index (χ1n) is 8.56. The van der Waals surface area contributed by atoms with Gasteiger partial charge in [-0.2, -0.15) is 0 Å². The van der Waals surface area contributed by atoms with Gasteiger partial charge in [-0.05, 0) is 6.42 Å². The first-order chi connectivity index (χ1) is 10.7. The zero-order valence-corrected chi connectivity index (χ0v) is 13.9. The van der Waals surface area contributed by atoms with E-state index in [2.05, 4.69) is 22.5 Å². The Morgan fingerprint density at radius 3 is 2.45 bits per heavy atom. The fourth-order valence-electron chi connectivity index (χ4n) is 2.40. The summed E-state index contributed by atoms with van der Waals surface area (Å²) >= 11 is 0. The molecule has 1 heterocycles. The number of carbonyl (C=O) groups is 2. The van der Waals surface area contributed by atoms with Gasteiger partial charge in [0.15, 0.2) is 0 Å². The van der Waals surface area contributed by atoms with Gasteiger partial charge in [0.1, 0.15) is 0 Å². The number of carbonyl (C=O) groups excluding carboxylic acids is 2. The largest absolute Gasteiger partial charge is 0.379 e. The highest BCUT2D eigenvalue weighted by atomic mass is 16.5. The molecule has 2 N–H and O–H groups in total. The predicted molar refractivity (Wildman–Crippen MR) is 86.7 cm³/mol. The Kier molecular flexibility index (Phi) is 10.7. The molecule has 0 radical (unpaired) electrons. The molecule has 0 aromatic carbocycles. The first kappa shape index (κ1) is 18.9. The smallest absolute Gasteiger partial charge is 0.239 e. The molecular formula is C16H31N3O3. The number of hydrogen-bond acceptors (Lipinski definition) is 4. The lowest BCUT2D eigenvalue weighted by molar-refractivity contribution is -0.126. The third-order valence-corrected chi connectivity index (χ3v) is 3.81. The van der Waals surface area contributed by atoms with Crippen molar-refractivity contribution in [3.8, 4) is 0 Å². The van der Waals surface area contributed by atoms with Gasteiger partial charge in [0.05, 0.1) is 19.8 Å². The highest BCUT2D eigenvalue weighted by Crippen LogP contribution is 2.04. The monoisotopic (exact) mass is 313 g/mol. The van der Waals surface area contributed by atoms with Gasteiger partial charge >= 0.3 is 0 Å². The minimum absolute atomic E-state index is 0.0279. The number of rotatable bonds is 11. The van der Waals surface area contributed by atoms with Crippen molar-refractivity contribution in [3.05, 3.63) is 0 Å². The summed E-state index contributed by atoms with van der Waals surface area (Å²) in [6.07, 6.45) is 6.14. The summed E-state index contributed by atoms with van der Waals surface area (Å²) in [4.78, 5) is 25.5. The average molecular weight is 313 g/mol. The second-order valence-corrected chi connectivity index (χ2v) is 5.74. The lowest BCUT2D eigenvalue weighted by Crippen LogP contribution is -2.43. The molecule has 0 atom stereocenters. The summed E-state index contributed by atoms with van der Waals surface area (Å²) in [5, 5.41) is 5.51. The van der Waals surface area contributed by atoms with Crippen LogP contribution in [0.4, 0.5) is 0 Å². The van der Waals surface area contributed by atoms with Crippen LogP contribution < -0.4 is 10.6 Å². The van der Waals surface area contributed by atoms with Gasteiger partial charge in [0, 0.05) is 32.6 Å². The van der Waals surface area contributed by atoms with Crippen LogP contribution in [0, 0.1) is 0 Å². The number of amides is 2. The van der Waals surface area contributed by atoms with Crippen LogP contribution in [0.15, 0.2) is 0 Å². The van der Waals surface area contributed by atoms with Crippen LogP contribution in [0.5, 0.6) is 0 Å². The summed E-state index contributed by atoms with van der Waals surface area (Å²) in [6.45, 7) is 7.08. The summed E-state index contributed by atoms with van der Waals surface area (Å²) < 4.78 is 5.27. The van der Waals surface area contributed by atoms with Gasteiger partial charge in [-0.15, -0.1) is 0 Å². The van der Waals surface area contributed by atoms with Gasteiger partial charge in [0.2, 0.25) is 11.8 Å². The molecule has 1 aliphatic heterocycles. The van der Waals surface area contributed by atoms with Crippen LogP contribution in [0.2, 0.25) is 0 Å². The third-order valence-electron chi connectivity index (χ3n) is 3.81. The fourth-order valence-corrected chi connectivity index (χ4v) is 2.40. The van der Waals surface area contributed by atoms with E-state index in [1.165, 1.54) is 19.3 Å². The highest BCUT2D eigenvalue weighted by Gasteiger charge is 2.10. The van der Waals surface area contributed by atoms with E-state index in [0.29, 0.717) is 13.0 Å². The van der Waals surface area contributed by atoms with Gasteiger partial charge in [0.25, 0.3) is 0 Å². The molecule has 1 fully saturated rings. The van der Waals surface area contributed by atoms with Crippen molar-refractivity contribution in [3.63, 3.8) is 0 Å². The SMILES string of the molecule is CCCCCCCC(=O)NCC(=O)NCCN1CCOCC1. The van der Waals surface area contributed by atoms with E-state index < -0.39 is 0 Å². The molecule has 1 rings (SSSR count). The van der Waals surface area contributed by atoms with E-state index in [4.69, 9.17) is 4.74 Å². The van der Waals surface area contributed by atoms with Crippen molar-refractivity contribution in [1.82, 2.24) is 15.5 Å². The number of morpholine rings is 1. The maximum absolute atomic E-state index is 11.6. The summed E-state index contributed by atoms with van der Waals surface area (Å²) in [5.41, 5.74) is 0. The molecule has 0 aromatic heterocycles. The van der Waals surface area contributed by atoms with Gasteiger partial charge in [-0.1, -0.05) is 32.6 Å². The number of nitrogens with zero attached hydrogens (tertiary/aromatic N) is 1. The Morgan fingerprint density at radius 2 is 1.73 bits per heavy atom. The van der Waals surface area contributed by atoms with Crippen molar-refractivity contribution in [2.75, 3.05) is 45.9 Å². The minimum Gasteiger partial charge on any atom is -0.379 e. The van der Waals surface area contributed by atoms with Crippen LogP contribution in [0.3, 0.4) is 0 Å². The van der Waals surface area contributed by atoms with Crippen LogP contribution in [-0.2, 0) is 14.3 Å². The van der Waals surface area contributed by atoms with Crippen LogP contribution in [-0.4, -0.2) is 62.7 Å². The zero-order chi connectivity index (χ0) is 16.0. The Labute approximate surface area is 134 Å². The van der Waals surface area contributed by atoms with Crippen molar-refractivity contribution in [2.24, 2.45) is 0 Å².